The molecule has 7 nitrogen and oxygen atoms in total. The van der Waals surface area contributed by atoms with Crippen LogP contribution in [-0.4, -0.2) is 38.4 Å². The molecule has 1 aromatic carbocycles. The zero-order valence-electron chi connectivity index (χ0n) is 18.0. The summed E-state index contributed by atoms with van der Waals surface area (Å²) in [7, 11) is -3.92. The van der Waals surface area contributed by atoms with E-state index in [-0.39, 0.29) is 36.1 Å². The number of rotatable bonds is 10. The van der Waals surface area contributed by atoms with Crippen LogP contribution >= 0.6 is 0 Å². The number of carbonyl (C=O) groups excluding carboxylic acids is 1. The number of hydrogen-bond acceptors (Lipinski definition) is 5. The van der Waals surface area contributed by atoms with Crippen LogP contribution in [0.5, 0.6) is 0 Å². The second-order valence-electron chi connectivity index (χ2n) is 7.73. The molecule has 0 spiro atoms. The van der Waals surface area contributed by atoms with Crippen molar-refractivity contribution in [1.82, 2.24) is 15.0 Å². The van der Waals surface area contributed by atoms with Crippen LogP contribution in [0.3, 0.4) is 0 Å². The summed E-state index contributed by atoms with van der Waals surface area (Å²) in [5.41, 5.74) is -0.00983. The van der Waals surface area contributed by atoms with E-state index in [1.165, 1.54) is 24.4 Å². The molecule has 0 saturated carbocycles. The summed E-state index contributed by atoms with van der Waals surface area (Å²) in [5, 5.41) is 5.11. The maximum atomic E-state index is 13.0. The lowest BCUT2D eigenvalue weighted by Gasteiger charge is -2.20. The lowest BCUT2D eigenvalue weighted by atomic mass is 10.0. The van der Waals surface area contributed by atoms with Crippen LogP contribution in [0.2, 0.25) is 0 Å². The fourth-order valence-electron chi connectivity index (χ4n) is 2.92. The van der Waals surface area contributed by atoms with Gasteiger partial charge in [0.05, 0.1) is 10.5 Å². The molecule has 2 rings (SSSR count). The van der Waals surface area contributed by atoms with Gasteiger partial charge in [-0.25, -0.2) is 13.4 Å². The molecule has 0 aliphatic carbocycles. The first kappa shape index (κ1) is 25.6. The van der Waals surface area contributed by atoms with Crippen molar-refractivity contribution >= 4 is 21.7 Å². The average molecular weight is 473 g/mol. The van der Waals surface area contributed by atoms with Gasteiger partial charge in [0.15, 0.2) is 0 Å². The standard InChI is InChI=1S/C21H27F3N4O3S/c1-14(2)13-18(28-32(30,31)16-8-6-15(3)7-9-16)20(29)27-12-11-26-19-17(21(22,23)24)5-4-10-25-19/h4-10,14,18,28H,11-13H2,1-3H3,(H,25,26)(H,27,29). The molecule has 176 valence electrons. The summed E-state index contributed by atoms with van der Waals surface area (Å²) in [5.74, 6) is -0.881. The molecule has 1 aromatic heterocycles. The summed E-state index contributed by atoms with van der Waals surface area (Å²) in [6.07, 6.45) is -3.08. The van der Waals surface area contributed by atoms with Gasteiger partial charge in [0, 0.05) is 19.3 Å². The number of anilines is 1. The van der Waals surface area contributed by atoms with Crippen LogP contribution in [0.4, 0.5) is 19.0 Å². The van der Waals surface area contributed by atoms with Gasteiger partial charge in [-0.15, -0.1) is 0 Å². The summed E-state index contributed by atoms with van der Waals surface area (Å²) < 4.78 is 66.8. The minimum Gasteiger partial charge on any atom is -0.368 e. The molecule has 32 heavy (non-hydrogen) atoms. The molecule has 3 N–H and O–H groups in total. The maximum absolute atomic E-state index is 13.0. The molecule has 0 bridgehead atoms. The zero-order chi connectivity index (χ0) is 23.9. The molecule has 0 saturated heterocycles. The predicted molar refractivity (Wildman–Crippen MR) is 115 cm³/mol. The Morgan fingerprint density at radius 3 is 2.34 bits per heavy atom. The number of amides is 1. The van der Waals surface area contributed by atoms with Gasteiger partial charge in [-0.3, -0.25) is 4.79 Å². The molecule has 0 radical (unpaired) electrons. The first-order valence-corrected chi connectivity index (χ1v) is 11.5. The van der Waals surface area contributed by atoms with E-state index in [9.17, 15) is 26.4 Å². The van der Waals surface area contributed by atoms with E-state index < -0.39 is 33.7 Å². The number of aromatic nitrogens is 1. The van der Waals surface area contributed by atoms with Gasteiger partial charge in [-0.1, -0.05) is 31.5 Å². The second kappa shape index (κ2) is 10.8. The number of alkyl halides is 3. The number of halogens is 3. The summed E-state index contributed by atoms with van der Waals surface area (Å²) in [4.78, 5) is 16.3. The Morgan fingerprint density at radius 2 is 1.75 bits per heavy atom. The Bertz CT molecular complexity index is 1010. The normalized spacial score (nSPS) is 13.1. The number of benzene rings is 1. The number of nitrogens with one attached hydrogen (secondary N) is 3. The van der Waals surface area contributed by atoms with Gasteiger partial charge in [-0.05, 0) is 43.5 Å². The summed E-state index contributed by atoms with van der Waals surface area (Å²) >= 11 is 0. The van der Waals surface area contributed by atoms with Crippen LogP contribution in [0.25, 0.3) is 0 Å². The van der Waals surface area contributed by atoms with Crippen LogP contribution in [0, 0.1) is 12.8 Å². The smallest absolute Gasteiger partial charge is 0.368 e. The van der Waals surface area contributed by atoms with Crippen molar-refractivity contribution in [3.05, 3.63) is 53.7 Å². The third-order valence-corrected chi connectivity index (χ3v) is 5.97. The first-order valence-electron chi connectivity index (χ1n) is 10.0. The first-order chi connectivity index (χ1) is 14.9. The predicted octanol–water partition coefficient (Wildman–Crippen LogP) is 3.33. The van der Waals surface area contributed by atoms with Crippen molar-refractivity contribution in [2.45, 2.75) is 44.3 Å². The van der Waals surface area contributed by atoms with Gasteiger partial charge in [0.1, 0.15) is 11.9 Å². The Labute approximate surface area is 185 Å². The van der Waals surface area contributed by atoms with Crippen LogP contribution in [0.15, 0.2) is 47.5 Å². The number of hydrogen-bond donors (Lipinski definition) is 3. The van der Waals surface area contributed by atoms with E-state index in [2.05, 4.69) is 20.3 Å². The van der Waals surface area contributed by atoms with E-state index in [4.69, 9.17) is 0 Å². The van der Waals surface area contributed by atoms with Crippen LogP contribution < -0.4 is 15.4 Å². The molecule has 1 heterocycles. The lowest BCUT2D eigenvalue weighted by molar-refractivity contribution is -0.137. The highest BCUT2D eigenvalue weighted by Gasteiger charge is 2.34. The Kier molecular flexibility index (Phi) is 8.62. The Balaban J connectivity index is 1.99. The second-order valence-corrected chi connectivity index (χ2v) is 9.45. The van der Waals surface area contributed by atoms with Gasteiger partial charge >= 0.3 is 6.18 Å². The molecule has 11 heteroatoms. The fourth-order valence-corrected chi connectivity index (χ4v) is 4.13. The third kappa shape index (κ3) is 7.49. The SMILES string of the molecule is Cc1ccc(S(=O)(=O)NC(CC(C)C)C(=O)NCCNc2ncccc2C(F)(F)F)cc1. The van der Waals surface area contributed by atoms with Crippen molar-refractivity contribution < 1.29 is 26.4 Å². The van der Waals surface area contributed by atoms with E-state index in [0.717, 1.165) is 11.6 Å². The molecule has 1 unspecified atom stereocenters. The molecular formula is C21H27F3N4O3S. The molecule has 0 fully saturated rings. The van der Waals surface area contributed by atoms with Crippen LogP contribution in [0.1, 0.15) is 31.4 Å². The van der Waals surface area contributed by atoms with Gasteiger partial charge in [0.2, 0.25) is 15.9 Å². The third-order valence-electron chi connectivity index (χ3n) is 4.48. The molecule has 0 aliphatic rings. The Hall–Kier alpha value is -2.66. The van der Waals surface area contributed by atoms with Gasteiger partial charge < -0.3 is 10.6 Å². The van der Waals surface area contributed by atoms with Crippen molar-refractivity contribution in [1.29, 1.82) is 0 Å². The quantitative estimate of drug-likeness (QED) is 0.461. The van der Waals surface area contributed by atoms with E-state index >= 15 is 0 Å². The van der Waals surface area contributed by atoms with Gasteiger partial charge in [-0.2, -0.15) is 17.9 Å². The molecule has 1 atom stereocenters. The average Bonchev–Trinajstić information content (AvgIpc) is 2.70. The fraction of sp³-hybridized carbons (Fsp3) is 0.429. The minimum atomic E-state index is -4.56. The summed E-state index contributed by atoms with van der Waals surface area (Å²) in [6.45, 7) is 5.48. The van der Waals surface area contributed by atoms with Crippen molar-refractivity contribution in [2.24, 2.45) is 5.92 Å². The van der Waals surface area contributed by atoms with Crippen LogP contribution in [-0.2, 0) is 21.0 Å². The molecular weight excluding hydrogens is 445 g/mol. The number of aryl methyl sites for hydroxylation is 1. The topological polar surface area (TPSA) is 100 Å². The zero-order valence-corrected chi connectivity index (χ0v) is 18.8. The largest absolute Gasteiger partial charge is 0.419 e. The molecule has 2 aromatic rings. The van der Waals surface area contributed by atoms with Crippen molar-refractivity contribution in [3.8, 4) is 0 Å². The van der Waals surface area contributed by atoms with E-state index in [0.29, 0.717) is 0 Å². The highest BCUT2D eigenvalue weighted by Crippen LogP contribution is 2.33. The lowest BCUT2D eigenvalue weighted by Crippen LogP contribution is -2.48. The van der Waals surface area contributed by atoms with Gasteiger partial charge in [0.25, 0.3) is 0 Å². The number of sulfonamides is 1. The molecule has 0 aliphatic heterocycles. The van der Waals surface area contributed by atoms with E-state index in [1.54, 1.807) is 12.1 Å². The highest BCUT2D eigenvalue weighted by molar-refractivity contribution is 7.89. The molecule has 1 amide bonds. The van der Waals surface area contributed by atoms with E-state index in [1.807, 2.05) is 20.8 Å². The number of nitrogens with zero attached hydrogens (tertiary/aromatic N) is 1. The number of carbonyl (C=O) groups is 1. The summed E-state index contributed by atoms with van der Waals surface area (Å²) in [6, 6.07) is 7.30. The monoisotopic (exact) mass is 472 g/mol. The maximum Gasteiger partial charge on any atom is 0.419 e. The highest BCUT2D eigenvalue weighted by atomic mass is 32.2. The minimum absolute atomic E-state index is 0.0203. The van der Waals surface area contributed by atoms with Crippen molar-refractivity contribution in [2.75, 3.05) is 18.4 Å². The number of pyridine rings is 1. The van der Waals surface area contributed by atoms with Crippen molar-refractivity contribution in [3.63, 3.8) is 0 Å². The Morgan fingerprint density at radius 1 is 1.09 bits per heavy atom.